The standard InChI is InChI=1S/C13H27N3O/c1-7-10(3)9-13(8-2)14-11(17)16(15-13)12(4,5)6/h10,15H,7-9H2,1-6H3,(H,14,17). The number of nitrogens with zero attached hydrogens (tertiary/aromatic N) is 1. The first-order valence-corrected chi connectivity index (χ1v) is 6.64. The first kappa shape index (κ1) is 14.3. The van der Waals surface area contributed by atoms with E-state index in [1.807, 2.05) is 20.8 Å². The lowest BCUT2D eigenvalue weighted by Gasteiger charge is -2.35. The maximum Gasteiger partial charge on any atom is 0.333 e. The number of rotatable bonds is 4. The van der Waals surface area contributed by atoms with Gasteiger partial charge in [0.25, 0.3) is 0 Å². The number of amides is 2. The Morgan fingerprint density at radius 1 is 1.35 bits per heavy atom. The molecule has 2 N–H and O–H groups in total. The predicted molar refractivity (Wildman–Crippen MR) is 70.4 cm³/mol. The van der Waals surface area contributed by atoms with E-state index in [-0.39, 0.29) is 17.2 Å². The molecule has 1 fully saturated rings. The molecule has 0 aromatic heterocycles. The Labute approximate surface area is 105 Å². The van der Waals surface area contributed by atoms with Crippen molar-refractivity contribution in [1.29, 1.82) is 0 Å². The number of carbonyl (C=O) groups is 1. The zero-order valence-electron chi connectivity index (χ0n) is 12.1. The molecule has 0 aromatic carbocycles. The van der Waals surface area contributed by atoms with E-state index in [1.165, 1.54) is 0 Å². The minimum absolute atomic E-state index is 0.0114. The Morgan fingerprint density at radius 3 is 2.29 bits per heavy atom. The summed E-state index contributed by atoms with van der Waals surface area (Å²) in [5.41, 5.74) is 2.92. The van der Waals surface area contributed by atoms with Gasteiger partial charge in [-0.15, -0.1) is 0 Å². The van der Waals surface area contributed by atoms with Crippen LogP contribution in [0.5, 0.6) is 0 Å². The highest BCUT2D eigenvalue weighted by molar-refractivity contribution is 5.77. The van der Waals surface area contributed by atoms with Gasteiger partial charge in [-0.05, 0) is 39.5 Å². The maximum absolute atomic E-state index is 12.0. The molecule has 100 valence electrons. The molecule has 1 saturated heterocycles. The van der Waals surface area contributed by atoms with Crippen LogP contribution in [0.1, 0.15) is 60.8 Å². The molecule has 0 radical (unpaired) electrons. The molecule has 0 spiro atoms. The summed E-state index contributed by atoms with van der Waals surface area (Å²) in [5, 5.41) is 4.84. The van der Waals surface area contributed by atoms with Crippen LogP contribution in [0.15, 0.2) is 0 Å². The number of hydrazine groups is 1. The average Bonchev–Trinajstić information content (AvgIpc) is 2.56. The Hall–Kier alpha value is -0.770. The van der Waals surface area contributed by atoms with Gasteiger partial charge in [0.05, 0.1) is 5.54 Å². The van der Waals surface area contributed by atoms with E-state index in [0.29, 0.717) is 5.92 Å². The minimum atomic E-state index is -0.264. The molecule has 1 aliphatic heterocycles. The van der Waals surface area contributed by atoms with Crippen molar-refractivity contribution in [2.24, 2.45) is 5.92 Å². The van der Waals surface area contributed by atoms with Crippen molar-refractivity contribution in [2.45, 2.75) is 72.0 Å². The Bertz CT molecular complexity index is 285. The SMILES string of the molecule is CCC(C)CC1(CC)NC(=O)N(C(C)(C)C)N1. The van der Waals surface area contributed by atoms with Gasteiger partial charge >= 0.3 is 6.03 Å². The van der Waals surface area contributed by atoms with E-state index in [9.17, 15) is 4.79 Å². The molecule has 0 bridgehead atoms. The van der Waals surface area contributed by atoms with Crippen LogP contribution < -0.4 is 10.7 Å². The van der Waals surface area contributed by atoms with Crippen molar-refractivity contribution in [2.75, 3.05) is 0 Å². The highest BCUT2D eigenvalue weighted by Crippen LogP contribution is 2.27. The van der Waals surface area contributed by atoms with Crippen LogP contribution in [0.25, 0.3) is 0 Å². The Balaban J connectivity index is 2.81. The second-order valence-electron chi connectivity index (χ2n) is 6.20. The molecule has 1 rings (SSSR count). The molecule has 0 aromatic rings. The van der Waals surface area contributed by atoms with E-state index in [4.69, 9.17) is 0 Å². The molecule has 2 unspecified atom stereocenters. The summed E-state index contributed by atoms with van der Waals surface area (Å²) < 4.78 is 0. The summed E-state index contributed by atoms with van der Waals surface area (Å²) in [5.74, 6) is 0.600. The Kier molecular flexibility index (Phi) is 4.07. The summed E-state index contributed by atoms with van der Waals surface area (Å²) in [7, 11) is 0. The number of urea groups is 1. The lowest BCUT2D eigenvalue weighted by Crippen LogP contribution is -2.55. The van der Waals surface area contributed by atoms with Gasteiger partial charge in [0.15, 0.2) is 0 Å². The van der Waals surface area contributed by atoms with Gasteiger partial charge in [0.1, 0.15) is 5.66 Å². The summed E-state index contributed by atoms with van der Waals surface area (Å²) in [6.45, 7) is 12.6. The monoisotopic (exact) mass is 241 g/mol. The fraction of sp³-hybridized carbons (Fsp3) is 0.923. The summed E-state index contributed by atoms with van der Waals surface area (Å²) in [6.07, 6.45) is 3.00. The van der Waals surface area contributed by atoms with Crippen molar-refractivity contribution in [1.82, 2.24) is 15.8 Å². The van der Waals surface area contributed by atoms with Crippen molar-refractivity contribution in [3.8, 4) is 0 Å². The van der Waals surface area contributed by atoms with Crippen molar-refractivity contribution in [3.63, 3.8) is 0 Å². The molecule has 2 atom stereocenters. The van der Waals surface area contributed by atoms with Gasteiger partial charge in [0.2, 0.25) is 0 Å². The van der Waals surface area contributed by atoms with Gasteiger partial charge in [0, 0.05) is 0 Å². The molecule has 4 heteroatoms. The van der Waals surface area contributed by atoms with Crippen LogP contribution in [-0.2, 0) is 0 Å². The van der Waals surface area contributed by atoms with Crippen molar-refractivity contribution in [3.05, 3.63) is 0 Å². The molecule has 0 saturated carbocycles. The molecule has 17 heavy (non-hydrogen) atoms. The average molecular weight is 241 g/mol. The van der Waals surface area contributed by atoms with Crippen LogP contribution in [0.4, 0.5) is 4.79 Å². The van der Waals surface area contributed by atoms with Crippen LogP contribution in [0, 0.1) is 5.92 Å². The second-order valence-corrected chi connectivity index (χ2v) is 6.20. The number of hydrogen-bond donors (Lipinski definition) is 2. The van der Waals surface area contributed by atoms with Crippen molar-refractivity contribution >= 4 is 6.03 Å². The topological polar surface area (TPSA) is 44.4 Å². The van der Waals surface area contributed by atoms with Gasteiger partial charge in [-0.1, -0.05) is 27.2 Å². The van der Waals surface area contributed by atoms with Crippen LogP contribution >= 0.6 is 0 Å². The van der Waals surface area contributed by atoms with Gasteiger partial charge < -0.3 is 5.32 Å². The van der Waals surface area contributed by atoms with E-state index in [0.717, 1.165) is 19.3 Å². The number of hydrogen-bond acceptors (Lipinski definition) is 2. The summed E-state index contributed by atoms with van der Waals surface area (Å²) in [4.78, 5) is 12.0. The molecule has 0 aliphatic carbocycles. The lowest BCUT2D eigenvalue weighted by molar-refractivity contribution is 0.0937. The first-order valence-electron chi connectivity index (χ1n) is 6.64. The number of carbonyl (C=O) groups excluding carboxylic acids is 1. The molecule has 4 nitrogen and oxygen atoms in total. The summed E-state index contributed by atoms with van der Waals surface area (Å²) >= 11 is 0. The van der Waals surface area contributed by atoms with Crippen LogP contribution in [-0.4, -0.2) is 22.2 Å². The molecular formula is C13H27N3O. The molecular weight excluding hydrogens is 214 g/mol. The highest BCUT2D eigenvalue weighted by Gasteiger charge is 2.44. The van der Waals surface area contributed by atoms with Gasteiger partial charge in [-0.3, -0.25) is 5.01 Å². The fourth-order valence-electron chi connectivity index (χ4n) is 2.17. The normalized spacial score (nSPS) is 27.2. The zero-order chi connectivity index (χ0) is 13.3. The maximum atomic E-state index is 12.0. The molecule has 1 heterocycles. The van der Waals surface area contributed by atoms with Crippen LogP contribution in [0.2, 0.25) is 0 Å². The minimum Gasteiger partial charge on any atom is -0.317 e. The van der Waals surface area contributed by atoms with E-state index in [2.05, 4.69) is 31.5 Å². The first-order chi connectivity index (χ1) is 7.74. The quantitative estimate of drug-likeness (QED) is 0.795. The lowest BCUT2D eigenvalue weighted by atomic mass is 9.93. The van der Waals surface area contributed by atoms with E-state index < -0.39 is 0 Å². The largest absolute Gasteiger partial charge is 0.333 e. The van der Waals surface area contributed by atoms with E-state index in [1.54, 1.807) is 5.01 Å². The van der Waals surface area contributed by atoms with Crippen LogP contribution in [0.3, 0.4) is 0 Å². The van der Waals surface area contributed by atoms with Crippen molar-refractivity contribution < 1.29 is 4.79 Å². The number of nitrogens with one attached hydrogen (secondary N) is 2. The third-order valence-electron chi connectivity index (χ3n) is 3.54. The second kappa shape index (κ2) is 4.84. The van der Waals surface area contributed by atoms with E-state index >= 15 is 0 Å². The third-order valence-corrected chi connectivity index (χ3v) is 3.54. The molecule has 1 aliphatic rings. The smallest absolute Gasteiger partial charge is 0.317 e. The molecule has 2 amide bonds. The predicted octanol–water partition coefficient (Wildman–Crippen LogP) is 2.86. The summed E-state index contributed by atoms with van der Waals surface area (Å²) in [6, 6.07) is -0.0114. The Morgan fingerprint density at radius 2 is 1.94 bits per heavy atom. The van der Waals surface area contributed by atoms with Gasteiger partial charge in [-0.25, -0.2) is 10.2 Å². The van der Waals surface area contributed by atoms with Gasteiger partial charge in [-0.2, -0.15) is 0 Å². The third kappa shape index (κ3) is 3.12. The fourth-order valence-corrected chi connectivity index (χ4v) is 2.17. The highest BCUT2D eigenvalue weighted by atomic mass is 16.2. The zero-order valence-corrected chi connectivity index (χ0v) is 12.1.